The molecule has 1 aliphatic heterocycles. The van der Waals surface area contributed by atoms with Gasteiger partial charge < -0.3 is 0 Å². The van der Waals surface area contributed by atoms with E-state index in [0.29, 0.717) is 5.92 Å². The summed E-state index contributed by atoms with van der Waals surface area (Å²) in [6.45, 7) is 0. The van der Waals surface area contributed by atoms with Gasteiger partial charge in [-0.25, -0.2) is 8.42 Å². The van der Waals surface area contributed by atoms with Crippen molar-refractivity contribution in [3.63, 3.8) is 0 Å². The van der Waals surface area contributed by atoms with Crippen LogP contribution in [0.1, 0.15) is 29.9 Å². The molecule has 2 nitrogen and oxygen atoms in total. The fourth-order valence-electron chi connectivity index (χ4n) is 2.20. The number of halogens is 2. The Morgan fingerprint density at radius 1 is 1.33 bits per heavy atom. The van der Waals surface area contributed by atoms with Gasteiger partial charge in [-0.15, -0.1) is 0 Å². The van der Waals surface area contributed by atoms with Gasteiger partial charge in [0, 0.05) is 15.2 Å². The molecule has 18 heavy (non-hydrogen) atoms. The minimum atomic E-state index is -3.48. The van der Waals surface area contributed by atoms with E-state index in [1.54, 1.807) is 0 Å². The average molecular weight is 370 g/mol. The van der Waals surface area contributed by atoms with Crippen LogP contribution < -0.4 is 0 Å². The molecule has 1 saturated heterocycles. The number of hydrogen-bond donors (Lipinski definition) is 0. The van der Waals surface area contributed by atoms with E-state index in [4.69, 9.17) is 10.7 Å². The molecule has 0 bridgehead atoms. The quantitative estimate of drug-likeness (QED) is 0.751. The van der Waals surface area contributed by atoms with Crippen molar-refractivity contribution in [3.05, 3.63) is 33.8 Å². The van der Waals surface area contributed by atoms with Gasteiger partial charge in [-0.2, -0.15) is 11.8 Å². The molecule has 1 aromatic rings. The van der Waals surface area contributed by atoms with Gasteiger partial charge in [-0.05, 0) is 47.5 Å². The Kier molecular flexibility index (Phi) is 5.03. The minimum absolute atomic E-state index is 0.117. The highest BCUT2D eigenvalue weighted by Gasteiger charge is 2.18. The average Bonchev–Trinajstić information content (AvgIpc) is 2.28. The summed E-state index contributed by atoms with van der Waals surface area (Å²) in [4.78, 5) is 0. The standard InChI is InChI=1S/C12H14BrClO2S2/c13-12-7-9(8-18(14,15)16)1-2-11(12)10-3-5-17-6-4-10/h1-2,7,10H,3-6,8H2. The van der Waals surface area contributed by atoms with E-state index >= 15 is 0 Å². The van der Waals surface area contributed by atoms with Gasteiger partial charge in [0.15, 0.2) is 0 Å². The molecule has 100 valence electrons. The van der Waals surface area contributed by atoms with Crippen LogP contribution in [0.4, 0.5) is 0 Å². The fraction of sp³-hybridized carbons (Fsp3) is 0.500. The Bertz CT molecular complexity index is 525. The summed E-state index contributed by atoms with van der Waals surface area (Å²) >= 11 is 5.54. The van der Waals surface area contributed by atoms with Crippen LogP contribution in [0.25, 0.3) is 0 Å². The Morgan fingerprint density at radius 3 is 2.56 bits per heavy atom. The van der Waals surface area contributed by atoms with Gasteiger partial charge in [-0.1, -0.05) is 28.1 Å². The van der Waals surface area contributed by atoms with Crippen LogP contribution in [-0.4, -0.2) is 19.9 Å². The van der Waals surface area contributed by atoms with E-state index in [-0.39, 0.29) is 5.75 Å². The monoisotopic (exact) mass is 368 g/mol. The summed E-state index contributed by atoms with van der Waals surface area (Å²) in [5, 5.41) is 0. The van der Waals surface area contributed by atoms with E-state index in [1.807, 2.05) is 30.0 Å². The topological polar surface area (TPSA) is 34.1 Å². The predicted molar refractivity (Wildman–Crippen MR) is 81.9 cm³/mol. The van der Waals surface area contributed by atoms with E-state index in [1.165, 1.54) is 29.9 Å². The van der Waals surface area contributed by atoms with E-state index < -0.39 is 9.05 Å². The van der Waals surface area contributed by atoms with Crippen molar-refractivity contribution < 1.29 is 8.42 Å². The molecular weight excluding hydrogens is 356 g/mol. The fourth-order valence-corrected chi connectivity index (χ4v) is 5.01. The van der Waals surface area contributed by atoms with Crippen LogP contribution in [0, 0.1) is 0 Å². The summed E-state index contributed by atoms with van der Waals surface area (Å²) in [6.07, 6.45) is 2.38. The molecule has 0 aliphatic carbocycles. The van der Waals surface area contributed by atoms with Gasteiger partial charge >= 0.3 is 0 Å². The normalized spacial score (nSPS) is 17.9. The Balaban J connectivity index is 2.19. The smallest absolute Gasteiger partial charge is 0.212 e. The van der Waals surface area contributed by atoms with Crippen LogP contribution in [0.15, 0.2) is 22.7 Å². The van der Waals surface area contributed by atoms with Crippen molar-refractivity contribution in [3.8, 4) is 0 Å². The lowest BCUT2D eigenvalue weighted by atomic mass is 9.93. The molecule has 0 amide bonds. The van der Waals surface area contributed by atoms with Gasteiger partial charge in [0.1, 0.15) is 0 Å². The highest BCUT2D eigenvalue weighted by atomic mass is 79.9. The van der Waals surface area contributed by atoms with Crippen molar-refractivity contribution >= 4 is 47.4 Å². The molecule has 0 atom stereocenters. The molecule has 6 heteroatoms. The predicted octanol–water partition coefficient (Wildman–Crippen LogP) is 4.13. The van der Waals surface area contributed by atoms with Crippen molar-refractivity contribution in [2.24, 2.45) is 0 Å². The van der Waals surface area contributed by atoms with Gasteiger partial charge in [0.05, 0.1) is 5.75 Å². The van der Waals surface area contributed by atoms with Crippen LogP contribution in [0.3, 0.4) is 0 Å². The molecule has 2 rings (SSSR count). The van der Waals surface area contributed by atoms with Crippen LogP contribution >= 0.6 is 38.4 Å². The van der Waals surface area contributed by atoms with Crippen molar-refractivity contribution in [2.45, 2.75) is 24.5 Å². The van der Waals surface area contributed by atoms with Crippen LogP contribution in [-0.2, 0) is 14.8 Å². The highest BCUT2D eigenvalue weighted by Crippen LogP contribution is 2.36. The minimum Gasteiger partial charge on any atom is -0.212 e. The molecule has 1 aliphatic rings. The lowest BCUT2D eigenvalue weighted by molar-refractivity contribution is 0.608. The molecular formula is C12H14BrClO2S2. The first-order chi connectivity index (χ1) is 8.46. The number of rotatable bonds is 3. The zero-order valence-corrected chi connectivity index (χ0v) is 13.7. The molecule has 1 fully saturated rings. The second-order valence-corrected chi connectivity index (χ2v) is 9.28. The summed E-state index contributed by atoms with van der Waals surface area (Å²) in [7, 11) is 1.78. The zero-order chi connectivity index (χ0) is 13.2. The van der Waals surface area contributed by atoms with E-state index in [9.17, 15) is 8.42 Å². The molecule has 1 aromatic carbocycles. The Morgan fingerprint density at radius 2 is 2.00 bits per heavy atom. The third-order valence-corrected chi connectivity index (χ3v) is 5.81. The molecule has 0 unspecified atom stereocenters. The molecule has 1 heterocycles. The zero-order valence-electron chi connectivity index (χ0n) is 9.73. The Hall–Kier alpha value is 0.290. The maximum absolute atomic E-state index is 11.0. The van der Waals surface area contributed by atoms with Crippen molar-refractivity contribution in [1.82, 2.24) is 0 Å². The summed E-state index contributed by atoms with van der Waals surface area (Å²) in [5.74, 6) is 2.87. The summed E-state index contributed by atoms with van der Waals surface area (Å²) in [6, 6.07) is 5.76. The largest absolute Gasteiger partial charge is 0.236 e. The van der Waals surface area contributed by atoms with Crippen molar-refractivity contribution in [2.75, 3.05) is 11.5 Å². The lowest BCUT2D eigenvalue weighted by Crippen LogP contribution is -2.08. The van der Waals surface area contributed by atoms with Crippen LogP contribution in [0.2, 0.25) is 0 Å². The molecule has 0 saturated carbocycles. The summed E-state index contributed by atoms with van der Waals surface area (Å²) in [5.41, 5.74) is 2.01. The van der Waals surface area contributed by atoms with Gasteiger partial charge in [0.25, 0.3) is 0 Å². The first-order valence-electron chi connectivity index (χ1n) is 5.74. The SMILES string of the molecule is O=S(=O)(Cl)Cc1ccc(C2CCSCC2)c(Br)c1. The number of hydrogen-bond acceptors (Lipinski definition) is 3. The number of thioether (sulfide) groups is 1. The molecule has 0 aromatic heterocycles. The van der Waals surface area contributed by atoms with Gasteiger partial charge in [-0.3, -0.25) is 0 Å². The van der Waals surface area contributed by atoms with Gasteiger partial charge in [0.2, 0.25) is 9.05 Å². The highest BCUT2D eigenvalue weighted by molar-refractivity contribution is 9.10. The Labute approximate surface area is 125 Å². The van der Waals surface area contributed by atoms with Crippen molar-refractivity contribution in [1.29, 1.82) is 0 Å². The second-order valence-electron chi connectivity index (χ2n) is 4.43. The maximum atomic E-state index is 11.0. The molecule has 0 spiro atoms. The van der Waals surface area contributed by atoms with E-state index in [0.717, 1.165) is 10.0 Å². The van der Waals surface area contributed by atoms with E-state index in [2.05, 4.69) is 15.9 Å². The third-order valence-electron chi connectivity index (χ3n) is 3.07. The lowest BCUT2D eigenvalue weighted by Gasteiger charge is -2.23. The molecule has 0 N–H and O–H groups in total. The maximum Gasteiger partial charge on any atom is 0.236 e. The first-order valence-corrected chi connectivity index (χ1v) is 10.2. The number of benzene rings is 1. The summed E-state index contributed by atoms with van der Waals surface area (Å²) < 4.78 is 23.1. The second kappa shape index (κ2) is 6.16. The molecule has 0 radical (unpaired) electrons. The first kappa shape index (κ1) is 14.7. The van der Waals surface area contributed by atoms with Crippen LogP contribution in [0.5, 0.6) is 0 Å². The third kappa shape index (κ3) is 4.15.